The standard InChI is InChI=1S/C22H18BrN5O6/c1-11(29)33-10-19(30)24-14-5-3-12-7-18(28(2)17(12)9-14)21(31)25-16-6-4-13(23)8-15(16)20-26-22(32)34-27-20/h3-9H,10H2,1-2H3,(H,24,30)(H,25,31)(H,26,27,32). The van der Waals surface area contributed by atoms with Gasteiger partial charge in [-0.3, -0.25) is 23.9 Å². The fourth-order valence-corrected chi connectivity index (χ4v) is 3.70. The predicted molar refractivity (Wildman–Crippen MR) is 126 cm³/mol. The minimum absolute atomic E-state index is 0.174. The number of hydrogen-bond acceptors (Lipinski definition) is 7. The van der Waals surface area contributed by atoms with Gasteiger partial charge in [-0.2, -0.15) is 0 Å². The van der Waals surface area contributed by atoms with Crippen molar-refractivity contribution < 1.29 is 23.6 Å². The molecule has 0 fully saturated rings. The summed E-state index contributed by atoms with van der Waals surface area (Å²) in [5, 5.41) is 9.96. The molecule has 2 aromatic carbocycles. The summed E-state index contributed by atoms with van der Waals surface area (Å²) in [6.45, 7) is 0.832. The third kappa shape index (κ3) is 4.91. The smallest absolute Gasteiger partial charge is 0.439 e. The molecule has 0 aliphatic heterocycles. The highest BCUT2D eigenvalue weighted by Crippen LogP contribution is 2.29. The zero-order valence-electron chi connectivity index (χ0n) is 18.0. The molecule has 12 heteroatoms. The van der Waals surface area contributed by atoms with Gasteiger partial charge in [-0.25, -0.2) is 4.79 Å². The van der Waals surface area contributed by atoms with Gasteiger partial charge in [0.15, 0.2) is 12.4 Å². The lowest BCUT2D eigenvalue weighted by atomic mass is 10.1. The first-order valence-electron chi connectivity index (χ1n) is 9.91. The first kappa shape index (κ1) is 23.0. The first-order valence-corrected chi connectivity index (χ1v) is 10.7. The van der Waals surface area contributed by atoms with Gasteiger partial charge < -0.3 is 19.9 Å². The number of amides is 2. The van der Waals surface area contributed by atoms with E-state index >= 15 is 0 Å². The summed E-state index contributed by atoms with van der Waals surface area (Å²) in [5.74, 6) is -1.96. The fraction of sp³-hybridized carbons (Fsp3) is 0.136. The molecule has 0 saturated carbocycles. The lowest BCUT2D eigenvalue weighted by Crippen LogP contribution is -2.19. The topological polar surface area (TPSA) is 148 Å². The zero-order valence-corrected chi connectivity index (χ0v) is 19.6. The van der Waals surface area contributed by atoms with E-state index in [1.54, 1.807) is 54.1 Å². The number of carbonyl (C=O) groups excluding carboxylic acids is 3. The van der Waals surface area contributed by atoms with Crippen LogP contribution in [0, 0.1) is 0 Å². The number of anilines is 2. The van der Waals surface area contributed by atoms with E-state index in [2.05, 4.69) is 46.0 Å². The number of benzene rings is 2. The fourth-order valence-electron chi connectivity index (χ4n) is 3.34. The normalized spacial score (nSPS) is 10.8. The second kappa shape index (κ2) is 9.35. The van der Waals surface area contributed by atoms with Crippen LogP contribution in [0.25, 0.3) is 22.3 Å². The summed E-state index contributed by atoms with van der Waals surface area (Å²) in [4.78, 5) is 49.8. The predicted octanol–water partition coefficient (Wildman–Crippen LogP) is 3.04. The minimum atomic E-state index is -0.711. The molecule has 0 unspecified atom stereocenters. The molecular formula is C22H18BrN5O6. The Hall–Kier alpha value is -4.19. The van der Waals surface area contributed by atoms with Crippen LogP contribution in [0.3, 0.4) is 0 Å². The number of aryl methyl sites for hydroxylation is 1. The largest absolute Gasteiger partial charge is 0.456 e. The highest BCUT2D eigenvalue weighted by molar-refractivity contribution is 9.10. The van der Waals surface area contributed by atoms with Gasteiger partial charge in [0.1, 0.15) is 5.69 Å². The number of carbonyl (C=O) groups is 3. The quantitative estimate of drug-likeness (QED) is 0.326. The summed E-state index contributed by atoms with van der Waals surface area (Å²) in [6, 6.07) is 12.0. The molecule has 0 aliphatic carbocycles. The van der Waals surface area contributed by atoms with Crippen molar-refractivity contribution in [1.82, 2.24) is 14.7 Å². The number of ether oxygens (including phenoxy) is 1. The summed E-state index contributed by atoms with van der Waals surface area (Å²) in [5.41, 5.74) is 2.43. The molecule has 3 N–H and O–H groups in total. The van der Waals surface area contributed by atoms with Crippen LogP contribution >= 0.6 is 15.9 Å². The summed E-state index contributed by atoms with van der Waals surface area (Å²) in [6.07, 6.45) is 0. The Kier molecular flexibility index (Phi) is 6.32. The maximum atomic E-state index is 13.1. The molecule has 0 spiro atoms. The van der Waals surface area contributed by atoms with Crippen molar-refractivity contribution in [2.24, 2.45) is 7.05 Å². The average Bonchev–Trinajstić information content (AvgIpc) is 3.37. The number of H-pyrrole nitrogens is 1. The van der Waals surface area contributed by atoms with E-state index in [0.29, 0.717) is 28.1 Å². The van der Waals surface area contributed by atoms with Crippen LogP contribution in [-0.4, -0.2) is 39.1 Å². The Morgan fingerprint density at radius 2 is 1.94 bits per heavy atom. The molecule has 4 aromatic rings. The Bertz CT molecular complexity index is 1480. The number of aromatic nitrogens is 3. The molecule has 2 amide bonds. The summed E-state index contributed by atoms with van der Waals surface area (Å²) in [7, 11) is 1.72. The van der Waals surface area contributed by atoms with E-state index in [-0.39, 0.29) is 12.4 Å². The lowest BCUT2D eigenvalue weighted by molar-refractivity contribution is -0.144. The van der Waals surface area contributed by atoms with Gasteiger partial charge in [-0.15, -0.1) is 0 Å². The second-order valence-electron chi connectivity index (χ2n) is 7.28. The number of aromatic amines is 1. The van der Waals surface area contributed by atoms with E-state index in [0.717, 1.165) is 9.86 Å². The van der Waals surface area contributed by atoms with E-state index in [1.807, 2.05) is 0 Å². The number of fused-ring (bicyclic) bond motifs is 1. The highest BCUT2D eigenvalue weighted by Gasteiger charge is 2.18. The SMILES string of the molecule is CC(=O)OCC(=O)Nc1ccc2cc(C(=O)Nc3ccc(Br)cc3-c3noc(=O)[nH]3)n(C)c2c1. The first-order chi connectivity index (χ1) is 16.2. The van der Waals surface area contributed by atoms with Crippen molar-refractivity contribution in [2.75, 3.05) is 17.2 Å². The van der Waals surface area contributed by atoms with Crippen molar-refractivity contribution in [3.05, 3.63) is 63.2 Å². The van der Waals surface area contributed by atoms with Crippen molar-refractivity contribution in [1.29, 1.82) is 0 Å². The van der Waals surface area contributed by atoms with Gasteiger partial charge in [0.25, 0.3) is 11.8 Å². The van der Waals surface area contributed by atoms with Crippen molar-refractivity contribution in [2.45, 2.75) is 6.92 Å². The van der Waals surface area contributed by atoms with Gasteiger partial charge in [0.2, 0.25) is 0 Å². The zero-order chi connectivity index (χ0) is 24.4. The molecule has 2 heterocycles. The van der Waals surface area contributed by atoms with Crippen LogP contribution in [0.4, 0.5) is 11.4 Å². The van der Waals surface area contributed by atoms with Gasteiger partial charge in [-0.05, 0) is 36.4 Å². The monoisotopic (exact) mass is 527 g/mol. The number of rotatable bonds is 6. The molecule has 0 aliphatic rings. The third-order valence-corrected chi connectivity index (χ3v) is 5.39. The molecule has 4 rings (SSSR count). The van der Waals surface area contributed by atoms with E-state index in [4.69, 9.17) is 0 Å². The highest BCUT2D eigenvalue weighted by atomic mass is 79.9. The van der Waals surface area contributed by atoms with Crippen LogP contribution in [0.5, 0.6) is 0 Å². The number of nitrogens with one attached hydrogen (secondary N) is 3. The van der Waals surface area contributed by atoms with Gasteiger partial charge >= 0.3 is 11.7 Å². The molecule has 11 nitrogen and oxygen atoms in total. The summed E-state index contributed by atoms with van der Waals surface area (Å²) >= 11 is 3.37. The third-order valence-electron chi connectivity index (χ3n) is 4.89. The number of halogens is 1. The molecule has 174 valence electrons. The number of nitrogens with zero attached hydrogens (tertiary/aromatic N) is 2. The molecule has 0 saturated heterocycles. The Morgan fingerprint density at radius 1 is 1.15 bits per heavy atom. The number of hydrogen-bond donors (Lipinski definition) is 3. The molecule has 0 bridgehead atoms. The van der Waals surface area contributed by atoms with Crippen molar-refractivity contribution in [3.8, 4) is 11.4 Å². The maximum absolute atomic E-state index is 13.1. The Balaban J connectivity index is 1.59. The van der Waals surface area contributed by atoms with Crippen molar-refractivity contribution in [3.63, 3.8) is 0 Å². The average molecular weight is 528 g/mol. The van der Waals surface area contributed by atoms with Crippen LogP contribution in [-0.2, 0) is 21.4 Å². The van der Waals surface area contributed by atoms with Crippen LogP contribution in [0.15, 0.2) is 56.3 Å². The van der Waals surface area contributed by atoms with Gasteiger partial charge in [0.05, 0.1) is 11.2 Å². The maximum Gasteiger partial charge on any atom is 0.439 e. The Labute approximate surface area is 200 Å². The molecular weight excluding hydrogens is 510 g/mol. The van der Waals surface area contributed by atoms with E-state index in [1.165, 1.54) is 6.92 Å². The molecule has 0 atom stereocenters. The van der Waals surface area contributed by atoms with Crippen molar-refractivity contribution >= 4 is 56.0 Å². The number of esters is 1. The summed E-state index contributed by atoms with van der Waals surface area (Å²) < 4.78 is 11.7. The van der Waals surface area contributed by atoms with Crippen LogP contribution in [0.2, 0.25) is 0 Å². The van der Waals surface area contributed by atoms with Gasteiger partial charge in [0, 0.05) is 35.1 Å². The second-order valence-corrected chi connectivity index (χ2v) is 8.19. The van der Waals surface area contributed by atoms with Crippen LogP contribution < -0.4 is 16.4 Å². The van der Waals surface area contributed by atoms with Crippen LogP contribution in [0.1, 0.15) is 17.4 Å². The molecule has 34 heavy (non-hydrogen) atoms. The minimum Gasteiger partial charge on any atom is -0.456 e. The molecule has 0 radical (unpaired) electrons. The molecule has 2 aromatic heterocycles. The lowest BCUT2D eigenvalue weighted by Gasteiger charge is -2.10. The van der Waals surface area contributed by atoms with E-state index in [9.17, 15) is 19.2 Å². The van der Waals surface area contributed by atoms with Gasteiger partial charge in [-0.1, -0.05) is 27.2 Å². The Morgan fingerprint density at radius 3 is 2.65 bits per heavy atom. The van der Waals surface area contributed by atoms with E-state index < -0.39 is 23.5 Å².